The van der Waals surface area contributed by atoms with Gasteiger partial charge in [0.05, 0.1) is 16.8 Å². The van der Waals surface area contributed by atoms with E-state index >= 15 is 0 Å². The fraction of sp³-hybridized carbons (Fsp3) is 0.0169. The summed E-state index contributed by atoms with van der Waals surface area (Å²) in [5.41, 5.74) is 18.1. The van der Waals surface area contributed by atoms with Gasteiger partial charge in [-0.05, 0) is 79.9 Å². The molecule has 0 radical (unpaired) electrons. The number of rotatable bonds is 7. The van der Waals surface area contributed by atoms with E-state index in [0.717, 1.165) is 61.1 Å². The molecule has 0 amide bonds. The standard InChI is InChI=1S/C59H38N2O/c1-4-17-41(18-5-1)58-60-53(40-33-31-39(32-34-40)45-23-10-11-24-46(45)42-35-36-56-50(37-42)47-25-13-15-30-55(47)62-56)38-54(61-58)49-27-16-29-52-57(49)48-26-12-14-28-51(48)59(52,43-19-6-2-7-20-43)44-21-8-3-9-22-44/h1-38H. The summed E-state index contributed by atoms with van der Waals surface area (Å²) < 4.78 is 6.16. The molecular weight excluding hydrogens is 753 g/mol. The first kappa shape index (κ1) is 35.8. The Morgan fingerprint density at radius 3 is 1.60 bits per heavy atom. The monoisotopic (exact) mass is 790 g/mol. The van der Waals surface area contributed by atoms with E-state index in [1.807, 2.05) is 18.2 Å². The summed E-state index contributed by atoms with van der Waals surface area (Å²) in [7, 11) is 0. The average Bonchev–Trinajstić information content (AvgIpc) is 3.88. The summed E-state index contributed by atoms with van der Waals surface area (Å²) in [5.74, 6) is 0.691. The zero-order valence-corrected chi connectivity index (χ0v) is 33.7. The number of benzene rings is 9. The van der Waals surface area contributed by atoms with Crippen LogP contribution in [0.3, 0.4) is 0 Å². The number of hydrogen-bond acceptors (Lipinski definition) is 3. The second-order valence-corrected chi connectivity index (χ2v) is 16.0. The molecule has 2 aromatic heterocycles. The van der Waals surface area contributed by atoms with Gasteiger partial charge >= 0.3 is 0 Å². The third-order valence-corrected chi connectivity index (χ3v) is 12.6. The minimum atomic E-state index is -0.507. The van der Waals surface area contributed by atoms with E-state index in [1.54, 1.807) is 0 Å². The lowest BCUT2D eigenvalue weighted by Gasteiger charge is -2.33. The van der Waals surface area contributed by atoms with Crippen LogP contribution in [-0.2, 0) is 5.41 Å². The molecule has 3 nitrogen and oxygen atoms in total. The van der Waals surface area contributed by atoms with Crippen LogP contribution in [0.1, 0.15) is 22.3 Å². The topological polar surface area (TPSA) is 38.9 Å². The maximum absolute atomic E-state index is 6.16. The van der Waals surface area contributed by atoms with Crippen molar-refractivity contribution >= 4 is 21.9 Å². The summed E-state index contributed by atoms with van der Waals surface area (Å²) in [4.78, 5) is 10.6. The van der Waals surface area contributed by atoms with Crippen molar-refractivity contribution in [3.05, 3.63) is 253 Å². The van der Waals surface area contributed by atoms with Gasteiger partial charge in [0.15, 0.2) is 5.82 Å². The van der Waals surface area contributed by atoms with Crippen molar-refractivity contribution in [3.8, 4) is 67.3 Å². The van der Waals surface area contributed by atoms with E-state index in [1.165, 1.54) is 44.5 Å². The fourth-order valence-corrected chi connectivity index (χ4v) is 9.86. The minimum Gasteiger partial charge on any atom is -0.456 e. The van der Waals surface area contributed by atoms with Gasteiger partial charge in [-0.25, -0.2) is 9.97 Å². The van der Waals surface area contributed by atoms with Crippen LogP contribution in [0.5, 0.6) is 0 Å². The van der Waals surface area contributed by atoms with E-state index in [4.69, 9.17) is 14.4 Å². The summed E-state index contributed by atoms with van der Waals surface area (Å²) in [6.07, 6.45) is 0. The van der Waals surface area contributed by atoms with Crippen LogP contribution >= 0.6 is 0 Å². The van der Waals surface area contributed by atoms with E-state index in [9.17, 15) is 0 Å². The van der Waals surface area contributed by atoms with Crippen molar-refractivity contribution in [3.63, 3.8) is 0 Å². The number of nitrogens with zero attached hydrogens (tertiary/aromatic N) is 2. The molecule has 3 heteroatoms. The Balaban J connectivity index is 1.00. The maximum atomic E-state index is 6.16. The van der Waals surface area contributed by atoms with Gasteiger partial charge in [0.25, 0.3) is 0 Å². The number of para-hydroxylation sites is 1. The molecule has 0 saturated heterocycles. The van der Waals surface area contributed by atoms with Crippen molar-refractivity contribution in [2.45, 2.75) is 5.41 Å². The fourth-order valence-electron chi connectivity index (χ4n) is 9.86. The van der Waals surface area contributed by atoms with Crippen LogP contribution in [0.4, 0.5) is 0 Å². The van der Waals surface area contributed by atoms with Gasteiger partial charge in [-0.1, -0.05) is 206 Å². The normalized spacial score (nSPS) is 12.6. The first-order valence-corrected chi connectivity index (χ1v) is 21.1. The van der Waals surface area contributed by atoms with Gasteiger partial charge in [-0.3, -0.25) is 0 Å². The molecule has 2 heterocycles. The maximum Gasteiger partial charge on any atom is 0.160 e. The molecule has 0 bridgehead atoms. The number of fused-ring (bicyclic) bond motifs is 6. The summed E-state index contributed by atoms with van der Waals surface area (Å²) in [5, 5.41) is 2.25. The Hall–Kier alpha value is -8.14. The minimum absolute atomic E-state index is 0.507. The Kier molecular flexibility index (Phi) is 8.39. The lowest BCUT2D eigenvalue weighted by Crippen LogP contribution is -2.28. The molecule has 0 spiro atoms. The van der Waals surface area contributed by atoms with Gasteiger partial charge in [0.1, 0.15) is 11.2 Å². The molecule has 0 atom stereocenters. The predicted molar refractivity (Wildman–Crippen MR) is 254 cm³/mol. The van der Waals surface area contributed by atoms with Gasteiger partial charge in [0.2, 0.25) is 0 Å². The second kappa shape index (κ2) is 14.5. The molecule has 12 rings (SSSR count). The molecule has 0 unspecified atom stereocenters. The van der Waals surface area contributed by atoms with Gasteiger partial charge in [-0.15, -0.1) is 0 Å². The average molecular weight is 791 g/mol. The van der Waals surface area contributed by atoms with Crippen LogP contribution < -0.4 is 0 Å². The van der Waals surface area contributed by atoms with Crippen LogP contribution in [-0.4, -0.2) is 9.97 Å². The van der Waals surface area contributed by atoms with E-state index in [2.05, 4.69) is 212 Å². The highest BCUT2D eigenvalue weighted by Crippen LogP contribution is 2.58. The van der Waals surface area contributed by atoms with Gasteiger partial charge < -0.3 is 4.42 Å². The molecule has 62 heavy (non-hydrogen) atoms. The molecule has 0 saturated carbocycles. The zero-order valence-electron chi connectivity index (χ0n) is 33.7. The quantitative estimate of drug-likeness (QED) is 0.161. The third kappa shape index (κ3) is 5.67. The third-order valence-electron chi connectivity index (χ3n) is 12.6. The van der Waals surface area contributed by atoms with Crippen molar-refractivity contribution in [1.82, 2.24) is 9.97 Å². The number of furan rings is 1. The highest BCUT2D eigenvalue weighted by molar-refractivity contribution is 6.07. The Labute approximate surface area is 360 Å². The first-order chi connectivity index (χ1) is 30.7. The van der Waals surface area contributed by atoms with Gasteiger partial charge in [0, 0.05) is 27.5 Å². The van der Waals surface area contributed by atoms with E-state index in [-0.39, 0.29) is 0 Å². The Morgan fingerprint density at radius 2 is 0.855 bits per heavy atom. The molecule has 11 aromatic rings. The van der Waals surface area contributed by atoms with Crippen molar-refractivity contribution in [2.24, 2.45) is 0 Å². The smallest absolute Gasteiger partial charge is 0.160 e. The van der Waals surface area contributed by atoms with Gasteiger partial charge in [-0.2, -0.15) is 0 Å². The molecule has 0 fully saturated rings. The van der Waals surface area contributed by atoms with Crippen LogP contribution in [0.25, 0.3) is 89.2 Å². The molecule has 0 N–H and O–H groups in total. The van der Waals surface area contributed by atoms with Crippen molar-refractivity contribution in [2.75, 3.05) is 0 Å². The Morgan fingerprint density at radius 1 is 0.323 bits per heavy atom. The number of aromatic nitrogens is 2. The molecule has 1 aliphatic rings. The van der Waals surface area contributed by atoms with E-state index in [0.29, 0.717) is 5.82 Å². The van der Waals surface area contributed by atoms with Crippen molar-refractivity contribution in [1.29, 1.82) is 0 Å². The van der Waals surface area contributed by atoms with Crippen LogP contribution in [0.2, 0.25) is 0 Å². The molecule has 9 aromatic carbocycles. The zero-order chi connectivity index (χ0) is 41.0. The van der Waals surface area contributed by atoms with Crippen LogP contribution in [0.15, 0.2) is 235 Å². The molecule has 290 valence electrons. The predicted octanol–water partition coefficient (Wildman–Crippen LogP) is 15.1. The van der Waals surface area contributed by atoms with Crippen LogP contribution in [0, 0.1) is 0 Å². The lowest BCUT2D eigenvalue weighted by molar-refractivity contribution is 0.669. The Bertz CT molecular complexity index is 3400. The number of hydrogen-bond donors (Lipinski definition) is 0. The summed E-state index contributed by atoms with van der Waals surface area (Å²) in [6, 6.07) is 82.2. The lowest BCUT2D eigenvalue weighted by atomic mass is 9.67. The second-order valence-electron chi connectivity index (χ2n) is 16.0. The molecule has 0 aliphatic heterocycles. The summed E-state index contributed by atoms with van der Waals surface area (Å²) in [6.45, 7) is 0. The van der Waals surface area contributed by atoms with Crippen molar-refractivity contribution < 1.29 is 4.42 Å². The van der Waals surface area contributed by atoms with E-state index < -0.39 is 5.41 Å². The largest absolute Gasteiger partial charge is 0.456 e. The molecule has 1 aliphatic carbocycles. The first-order valence-electron chi connectivity index (χ1n) is 21.1. The highest BCUT2D eigenvalue weighted by Gasteiger charge is 2.46. The summed E-state index contributed by atoms with van der Waals surface area (Å²) >= 11 is 0. The highest BCUT2D eigenvalue weighted by atomic mass is 16.3. The SMILES string of the molecule is c1ccc(-c2nc(-c3ccc(-c4ccccc4-c4ccc5oc6ccccc6c5c4)cc3)cc(-c3cccc4c3-c3ccccc3C4(c3ccccc3)c3ccccc3)n2)cc1. The molecular formula is C59H38N2O.